The van der Waals surface area contributed by atoms with E-state index in [0.717, 1.165) is 32.0 Å². The number of methoxy groups -OCH3 is 1. The Labute approximate surface area is 169 Å². The average Bonchev–Trinajstić information content (AvgIpc) is 2.92. The SMILES string of the molecule is COC(=O)CN1C(=O)S/C(=C/c2ccc(Sc3ccc(Cl)cc3)cc2)C1=O. The highest BCUT2D eigenvalue weighted by molar-refractivity contribution is 8.18. The number of hydrogen-bond acceptors (Lipinski definition) is 6. The predicted molar refractivity (Wildman–Crippen MR) is 107 cm³/mol. The average molecular weight is 420 g/mol. The van der Waals surface area contributed by atoms with E-state index in [1.54, 1.807) is 17.8 Å². The molecule has 138 valence electrons. The van der Waals surface area contributed by atoms with E-state index < -0.39 is 17.1 Å². The fourth-order valence-electron chi connectivity index (χ4n) is 2.25. The van der Waals surface area contributed by atoms with Crippen LogP contribution in [0.15, 0.2) is 63.2 Å². The van der Waals surface area contributed by atoms with Crippen molar-refractivity contribution in [3.05, 3.63) is 64.0 Å². The summed E-state index contributed by atoms with van der Waals surface area (Å²) in [4.78, 5) is 38.8. The molecule has 0 radical (unpaired) electrons. The van der Waals surface area contributed by atoms with Gasteiger partial charge in [0.25, 0.3) is 11.1 Å². The largest absolute Gasteiger partial charge is 0.468 e. The first-order chi connectivity index (χ1) is 13.0. The lowest BCUT2D eigenvalue weighted by Gasteiger charge is -2.09. The Morgan fingerprint density at radius 3 is 2.30 bits per heavy atom. The minimum absolute atomic E-state index is 0.280. The Kier molecular flexibility index (Phi) is 6.26. The number of carbonyl (C=O) groups excluding carboxylic acids is 3. The van der Waals surface area contributed by atoms with Crippen LogP contribution in [-0.2, 0) is 14.3 Å². The van der Waals surface area contributed by atoms with Gasteiger partial charge in [0.1, 0.15) is 6.54 Å². The Morgan fingerprint density at radius 1 is 1.11 bits per heavy atom. The molecule has 5 nitrogen and oxygen atoms in total. The molecule has 0 spiro atoms. The van der Waals surface area contributed by atoms with Gasteiger partial charge in [0.15, 0.2) is 0 Å². The highest BCUT2D eigenvalue weighted by Crippen LogP contribution is 2.33. The Hall–Kier alpha value is -2.22. The van der Waals surface area contributed by atoms with Crippen molar-refractivity contribution in [3.63, 3.8) is 0 Å². The molecule has 3 rings (SSSR count). The molecule has 1 aliphatic rings. The zero-order valence-electron chi connectivity index (χ0n) is 14.2. The van der Waals surface area contributed by atoms with Crippen molar-refractivity contribution in [1.82, 2.24) is 4.90 Å². The molecule has 1 saturated heterocycles. The van der Waals surface area contributed by atoms with E-state index in [-0.39, 0.29) is 11.4 Å². The summed E-state index contributed by atoms with van der Waals surface area (Å²) in [5.74, 6) is -1.13. The monoisotopic (exact) mass is 419 g/mol. The Bertz CT molecular complexity index is 910. The molecule has 1 aliphatic heterocycles. The lowest BCUT2D eigenvalue weighted by atomic mass is 10.2. The fourth-order valence-corrected chi connectivity index (χ4v) is 4.03. The molecule has 0 bridgehead atoms. The number of carbonyl (C=O) groups is 3. The van der Waals surface area contributed by atoms with Crippen LogP contribution in [0.4, 0.5) is 4.79 Å². The van der Waals surface area contributed by atoms with Crippen LogP contribution in [0.2, 0.25) is 5.02 Å². The van der Waals surface area contributed by atoms with Crippen LogP contribution in [-0.4, -0.2) is 35.7 Å². The highest BCUT2D eigenvalue weighted by atomic mass is 35.5. The number of imide groups is 1. The van der Waals surface area contributed by atoms with Gasteiger partial charge in [0.05, 0.1) is 12.0 Å². The zero-order valence-corrected chi connectivity index (χ0v) is 16.6. The third-order valence-electron chi connectivity index (χ3n) is 3.62. The van der Waals surface area contributed by atoms with Gasteiger partial charge < -0.3 is 4.74 Å². The molecule has 1 fully saturated rings. The van der Waals surface area contributed by atoms with Crippen molar-refractivity contribution < 1.29 is 19.1 Å². The van der Waals surface area contributed by atoms with Crippen LogP contribution >= 0.6 is 35.1 Å². The second kappa shape index (κ2) is 8.65. The van der Waals surface area contributed by atoms with Gasteiger partial charge in [0.2, 0.25) is 0 Å². The molecule has 2 aromatic rings. The van der Waals surface area contributed by atoms with Gasteiger partial charge in [-0.2, -0.15) is 0 Å². The van der Waals surface area contributed by atoms with E-state index in [4.69, 9.17) is 11.6 Å². The number of halogens is 1. The second-order valence-corrected chi connectivity index (χ2v) is 8.05. The molecule has 0 unspecified atom stereocenters. The second-order valence-electron chi connectivity index (χ2n) is 5.47. The van der Waals surface area contributed by atoms with E-state index in [1.165, 1.54) is 7.11 Å². The third-order valence-corrected chi connectivity index (χ3v) is 5.79. The summed E-state index contributed by atoms with van der Waals surface area (Å²) in [6.07, 6.45) is 1.64. The number of hydrogen-bond donors (Lipinski definition) is 0. The highest BCUT2D eigenvalue weighted by Gasteiger charge is 2.36. The minimum atomic E-state index is -0.637. The maximum Gasteiger partial charge on any atom is 0.325 e. The van der Waals surface area contributed by atoms with Crippen molar-refractivity contribution in [2.45, 2.75) is 9.79 Å². The maximum absolute atomic E-state index is 12.3. The van der Waals surface area contributed by atoms with Crippen LogP contribution in [0.5, 0.6) is 0 Å². The zero-order chi connectivity index (χ0) is 19.4. The number of esters is 1. The number of benzene rings is 2. The molecule has 0 atom stereocenters. The minimum Gasteiger partial charge on any atom is -0.468 e. The number of nitrogens with zero attached hydrogens (tertiary/aromatic N) is 1. The predicted octanol–water partition coefficient (Wildman–Crippen LogP) is 4.70. The van der Waals surface area contributed by atoms with Crippen LogP contribution in [0.3, 0.4) is 0 Å². The molecule has 0 aromatic heterocycles. The van der Waals surface area contributed by atoms with Gasteiger partial charge >= 0.3 is 5.97 Å². The molecule has 2 aromatic carbocycles. The van der Waals surface area contributed by atoms with E-state index >= 15 is 0 Å². The summed E-state index contributed by atoms with van der Waals surface area (Å²) in [6, 6.07) is 15.2. The quantitative estimate of drug-likeness (QED) is 0.517. The first-order valence-electron chi connectivity index (χ1n) is 7.82. The molecule has 1 heterocycles. The first-order valence-corrected chi connectivity index (χ1v) is 9.83. The van der Waals surface area contributed by atoms with Crippen molar-refractivity contribution in [2.24, 2.45) is 0 Å². The lowest BCUT2D eigenvalue weighted by molar-refractivity contribution is -0.143. The van der Waals surface area contributed by atoms with Crippen molar-refractivity contribution in [3.8, 4) is 0 Å². The number of ether oxygens (including phenoxy) is 1. The van der Waals surface area contributed by atoms with Crippen LogP contribution < -0.4 is 0 Å². The van der Waals surface area contributed by atoms with E-state index in [0.29, 0.717) is 5.02 Å². The van der Waals surface area contributed by atoms with Gasteiger partial charge in [-0.1, -0.05) is 35.5 Å². The number of rotatable bonds is 5. The third kappa shape index (κ3) is 4.94. The molecule has 0 saturated carbocycles. The van der Waals surface area contributed by atoms with Gasteiger partial charge in [-0.3, -0.25) is 19.3 Å². The summed E-state index contributed by atoms with van der Waals surface area (Å²) in [6.45, 7) is -0.380. The van der Waals surface area contributed by atoms with Crippen molar-refractivity contribution in [1.29, 1.82) is 0 Å². The van der Waals surface area contributed by atoms with Crippen LogP contribution in [0, 0.1) is 0 Å². The van der Waals surface area contributed by atoms with E-state index in [1.807, 2.05) is 48.5 Å². The normalized spacial score (nSPS) is 15.5. The topological polar surface area (TPSA) is 63.7 Å². The molecular formula is C19H14ClNO4S2. The first kappa shape index (κ1) is 19.5. The van der Waals surface area contributed by atoms with Gasteiger partial charge in [-0.25, -0.2) is 0 Å². The lowest BCUT2D eigenvalue weighted by Crippen LogP contribution is -2.34. The standard InChI is InChI=1S/C19H14ClNO4S2/c1-25-17(22)11-21-18(23)16(27-19(21)24)10-12-2-6-14(7-3-12)26-15-8-4-13(20)5-9-15/h2-10H,11H2,1H3/b16-10+. The van der Waals surface area contributed by atoms with E-state index in [9.17, 15) is 14.4 Å². The maximum atomic E-state index is 12.3. The van der Waals surface area contributed by atoms with Gasteiger partial charge in [0, 0.05) is 14.8 Å². The summed E-state index contributed by atoms with van der Waals surface area (Å²) in [5.41, 5.74) is 0.791. The van der Waals surface area contributed by atoms with Gasteiger partial charge in [-0.15, -0.1) is 0 Å². The Morgan fingerprint density at radius 2 is 1.70 bits per heavy atom. The van der Waals surface area contributed by atoms with Crippen LogP contribution in [0.1, 0.15) is 5.56 Å². The number of thioether (sulfide) groups is 1. The summed E-state index contributed by atoms with van der Waals surface area (Å²) in [7, 11) is 1.21. The van der Waals surface area contributed by atoms with E-state index in [2.05, 4.69) is 4.74 Å². The molecule has 0 aliphatic carbocycles. The summed E-state index contributed by atoms with van der Waals surface area (Å²) >= 11 is 8.29. The van der Waals surface area contributed by atoms with Crippen molar-refractivity contribution >= 4 is 58.3 Å². The molecule has 27 heavy (non-hydrogen) atoms. The summed E-state index contributed by atoms with van der Waals surface area (Å²) < 4.78 is 4.51. The number of amides is 2. The molecule has 0 N–H and O–H groups in total. The fraction of sp³-hybridized carbons (Fsp3) is 0.105. The Balaban J connectivity index is 1.70. The molecular weight excluding hydrogens is 406 g/mol. The smallest absolute Gasteiger partial charge is 0.325 e. The van der Waals surface area contributed by atoms with Crippen LogP contribution in [0.25, 0.3) is 6.08 Å². The van der Waals surface area contributed by atoms with Crippen molar-refractivity contribution in [2.75, 3.05) is 13.7 Å². The summed E-state index contributed by atoms with van der Waals surface area (Å²) in [5, 5.41) is 0.211. The molecule has 8 heteroatoms. The molecule has 2 amide bonds. The van der Waals surface area contributed by atoms with Gasteiger partial charge in [-0.05, 0) is 59.8 Å².